The van der Waals surface area contributed by atoms with Crippen molar-refractivity contribution in [3.05, 3.63) is 66.8 Å². The Bertz CT molecular complexity index is 1440. The molecule has 0 spiro atoms. The Morgan fingerprint density at radius 3 is 3.00 bits per heavy atom. The zero-order chi connectivity index (χ0) is 21.0. The minimum absolute atomic E-state index is 0.0485. The van der Waals surface area contributed by atoms with Crippen molar-refractivity contribution >= 4 is 27.5 Å². The summed E-state index contributed by atoms with van der Waals surface area (Å²) in [5, 5.41) is 6.93. The zero-order valence-electron chi connectivity index (χ0n) is 15.9. The molecule has 1 aliphatic heterocycles. The summed E-state index contributed by atoms with van der Waals surface area (Å²) in [4.78, 5) is 45.2. The first kappa shape index (κ1) is 18.3. The van der Waals surface area contributed by atoms with Gasteiger partial charge in [0.2, 0.25) is 5.82 Å². The Balaban J connectivity index is 1.40. The highest BCUT2D eigenvalue weighted by Crippen LogP contribution is 2.29. The van der Waals surface area contributed by atoms with Crippen molar-refractivity contribution in [3.8, 4) is 11.4 Å². The van der Waals surface area contributed by atoms with Crippen molar-refractivity contribution in [2.45, 2.75) is 27.0 Å². The van der Waals surface area contributed by atoms with Gasteiger partial charge in [0.1, 0.15) is 10.6 Å². The van der Waals surface area contributed by atoms with Gasteiger partial charge in [0.25, 0.3) is 11.5 Å². The quantitative estimate of drug-likeness (QED) is 0.509. The molecule has 11 heteroatoms. The Hall–Kier alpha value is -3.73. The maximum atomic E-state index is 12.6. The number of carbonyl (C=O) groups excluding carboxylic acids is 1. The monoisotopic (exact) mass is 425 g/mol. The number of hydrogen-bond donors (Lipinski definition) is 2. The van der Waals surface area contributed by atoms with Crippen molar-refractivity contribution < 1.29 is 14.1 Å². The Morgan fingerprint density at radius 2 is 2.17 bits per heavy atom. The van der Waals surface area contributed by atoms with Crippen molar-refractivity contribution in [2.24, 2.45) is 0 Å². The number of aromatic amines is 1. The van der Waals surface area contributed by atoms with E-state index in [1.807, 2.05) is 13.8 Å². The molecule has 0 unspecified atom stereocenters. The van der Waals surface area contributed by atoms with Gasteiger partial charge < -0.3 is 15.0 Å². The number of ether oxygens (including phenoxy) is 1. The van der Waals surface area contributed by atoms with Gasteiger partial charge in [-0.2, -0.15) is 0 Å². The van der Waals surface area contributed by atoms with Crippen LogP contribution in [0.1, 0.15) is 32.4 Å². The van der Waals surface area contributed by atoms with Crippen molar-refractivity contribution in [2.75, 3.05) is 0 Å². The second-order valence-electron chi connectivity index (χ2n) is 6.85. The Labute approximate surface area is 172 Å². The maximum Gasteiger partial charge on any atom is 0.446 e. The third-order valence-corrected chi connectivity index (χ3v) is 6.10. The molecule has 30 heavy (non-hydrogen) atoms. The van der Waals surface area contributed by atoms with Crippen LogP contribution >= 0.6 is 11.3 Å². The van der Waals surface area contributed by atoms with E-state index in [0.717, 1.165) is 16.0 Å². The summed E-state index contributed by atoms with van der Waals surface area (Å²) in [5.74, 6) is -0.275. The number of thiophene rings is 1. The number of aromatic nitrogens is 4. The molecular formula is C19H15N5O5S. The van der Waals surface area contributed by atoms with Gasteiger partial charge in [-0.15, -0.1) is 11.3 Å². The number of carbonyl (C=O) groups is 1. The van der Waals surface area contributed by atoms with E-state index in [2.05, 4.69) is 20.4 Å². The molecule has 0 fully saturated rings. The fraction of sp³-hybridized carbons (Fsp3) is 0.211. The molecule has 1 amide bonds. The first-order chi connectivity index (χ1) is 14.4. The predicted molar refractivity (Wildman–Crippen MR) is 107 cm³/mol. The number of hydrogen-bond acceptors (Lipinski definition) is 8. The van der Waals surface area contributed by atoms with Crippen molar-refractivity contribution in [3.63, 3.8) is 0 Å². The fourth-order valence-corrected chi connectivity index (χ4v) is 4.38. The Kier molecular flexibility index (Phi) is 4.07. The molecule has 4 aromatic rings. The zero-order valence-corrected chi connectivity index (χ0v) is 16.8. The number of aryl methyl sites for hydroxylation is 2. The molecule has 0 saturated heterocycles. The molecule has 0 radical (unpaired) electrons. The second kappa shape index (κ2) is 6.66. The molecule has 0 atom stereocenters. The average molecular weight is 425 g/mol. The van der Waals surface area contributed by atoms with Gasteiger partial charge in [-0.05, 0) is 37.1 Å². The van der Waals surface area contributed by atoms with Gasteiger partial charge in [0, 0.05) is 11.4 Å². The highest BCUT2D eigenvalue weighted by Gasteiger charge is 2.23. The van der Waals surface area contributed by atoms with Crippen LogP contribution in [0, 0.1) is 13.8 Å². The van der Waals surface area contributed by atoms with Crippen LogP contribution in [-0.4, -0.2) is 25.6 Å². The summed E-state index contributed by atoms with van der Waals surface area (Å²) < 4.78 is 11.6. The lowest BCUT2D eigenvalue weighted by Gasteiger charge is -2.18. The van der Waals surface area contributed by atoms with Crippen molar-refractivity contribution in [1.82, 2.24) is 25.0 Å². The van der Waals surface area contributed by atoms with E-state index in [4.69, 9.17) is 9.26 Å². The normalized spacial score (nSPS) is 12.3. The van der Waals surface area contributed by atoms with E-state index < -0.39 is 11.7 Å². The largest absolute Gasteiger partial charge is 0.483 e. The first-order valence-electron chi connectivity index (χ1n) is 9.04. The van der Waals surface area contributed by atoms with Crippen LogP contribution in [0.5, 0.6) is 5.75 Å². The van der Waals surface area contributed by atoms with E-state index in [9.17, 15) is 14.4 Å². The molecule has 152 valence electrons. The summed E-state index contributed by atoms with van der Waals surface area (Å²) >= 11 is 1.38. The van der Waals surface area contributed by atoms with Crippen LogP contribution in [0.25, 0.3) is 15.9 Å². The first-order valence-corrected chi connectivity index (χ1v) is 9.86. The van der Waals surface area contributed by atoms with E-state index in [1.54, 1.807) is 18.2 Å². The number of nitrogens with zero attached hydrogens (tertiary/aromatic N) is 3. The number of benzene rings is 1. The van der Waals surface area contributed by atoms with E-state index >= 15 is 0 Å². The second-order valence-corrected chi connectivity index (χ2v) is 8.05. The highest BCUT2D eigenvalue weighted by atomic mass is 32.1. The molecule has 0 saturated carbocycles. The van der Waals surface area contributed by atoms with E-state index in [-0.39, 0.29) is 24.5 Å². The molecule has 5 rings (SSSR count). The molecule has 4 heterocycles. The van der Waals surface area contributed by atoms with E-state index in [0.29, 0.717) is 27.5 Å². The number of fused-ring (bicyclic) bond motifs is 4. The summed E-state index contributed by atoms with van der Waals surface area (Å²) in [6.45, 7) is 4.06. The van der Waals surface area contributed by atoms with Crippen LogP contribution in [0.4, 0.5) is 0 Å². The van der Waals surface area contributed by atoms with Gasteiger partial charge in [0.05, 0.1) is 11.1 Å². The summed E-state index contributed by atoms with van der Waals surface area (Å²) in [7, 11) is 0. The van der Waals surface area contributed by atoms with Gasteiger partial charge in [-0.1, -0.05) is 11.2 Å². The molecule has 3 aromatic heterocycles. The number of rotatable bonds is 3. The third kappa shape index (κ3) is 2.82. The SMILES string of the molecule is Cc1sc2nc(C(=O)NCc3ccc4c(c3)-n3c(noc3=O)CO4)[nH]c(=O)c2c1C. The lowest BCUT2D eigenvalue weighted by molar-refractivity contribution is 0.0940. The minimum atomic E-state index is -0.604. The number of H-pyrrole nitrogens is 1. The van der Waals surface area contributed by atoms with Gasteiger partial charge >= 0.3 is 5.76 Å². The average Bonchev–Trinajstić information content (AvgIpc) is 3.25. The van der Waals surface area contributed by atoms with Gasteiger partial charge in [-0.25, -0.2) is 14.3 Å². The highest BCUT2D eigenvalue weighted by molar-refractivity contribution is 7.18. The van der Waals surface area contributed by atoms with Crippen LogP contribution in [-0.2, 0) is 13.2 Å². The molecule has 1 aromatic carbocycles. The predicted octanol–water partition coefficient (Wildman–Crippen LogP) is 1.56. The van der Waals surface area contributed by atoms with Gasteiger partial charge in [-0.3, -0.25) is 14.1 Å². The topological polar surface area (TPSA) is 132 Å². The molecule has 0 bridgehead atoms. The van der Waals surface area contributed by atoms with Crippen LogP contribution in [0.2, 0.25) is 0 Å². The molecule has 2 N–H and O–H groups in total. The van der Waals surface area contributed by atoms with Crippen LogP contribution in [0.3, 0.4) is 0 Å². The molecular weight excluding hydrogens is 410 g/mol. The number of nitrogens with one attached hydrogen (secondary N) is 2. The summed E-state index contributed by atoms with van der Waals surface area (Å²) in [6.07, 6.45) is 0. The summed E-state index contributed by atoms with van der Waals surface area (Å²) in [5.41, 5.74) is 1.75. The standard InChI is InChI=1S/C19H15N5O5S/c1-8-9(2)30-18-14(8)16(25)21-15(22-18)17(26)20-6-10-3-4-12-11(5-10)24-13(7-28-12)23-29-19(24)27/h3-5H,6-7H2,1-2H3,(H,20,26)(H,21,22,25). The molecule has 0 aliphatic carbocycles. The molecule has 1 aliphatic rings. The number of amides is 1. The van der Waals surface area contributed by atoms with Crippen LogP contribution in [0.15, 0.2) is 32.3 Å². The van der Waals surface area contributed by atoms with Crippen molar-refractivity contribution in [1.29, 1.82) is 0 Å². The lowest BCUT2D eigenvalue weighted by Crippen LogP contribution is -2.27. The third-order valence-electron chi connectivity index (χ3n) is 5.00. The fourth-order valence-electron chi connectivity index (χ4n) is 3.35. The van der Waals surface area contributed by atoms with Crippen LogP contribution < -0.4 is 21.4 Å². The smallest absolute Gasteiger partial charge is 0.446 e. The summed E-state index contributed by atoms with van der Waals surface area (Å²) in [6, 6.07) is 5.19. The lowest BCUT2D eigenvalue weighted by atomic mass is 10.1. The Morgan fingerprint density at radius 1 is 1.33 bits per heavy atom. The molecule has 10 nitrogen and oxygen atoms in total. The minimum Gasteiger partial charge on any atom is -0.483 e. The van der Waals surface area contributed by atoms with E-state index in [1.165, 1.54) is 15.9 Å². The maximum absolute atomic E-state index is 12.6. The van der Waals surface area contributed by atoms with Gasteiger partial charge in [0.15, 0.2) is 12.4 Å².